The SMILES string of the molecule is CC1(C)c2ccccc2-c2ccc(C(=O)C(C)(C)N3CCCCC3)cc21. The van der Waals surface area contributed by atoms with Crippen LogP contribution in [0.2, 0.25) is 0 Å². The molecule has 1 fully saturated rings. The molecule has 0 amide bonds. The zero-order valence-corrected chi connectivity index (χ0v) is 16.4. The van der Waals surface area contributed by atoms with Gasteiger partial charge in [0, 0.05) is 11.0 Å². The van der Waals surface area contributed by atoms with Crippen LogP contribution in [0.15, 0.2) is 42.5 Å². The van der Waals surface area contributed by atoms with Crippen LogP contribution in [0.1, 0.15) is 68.4 Å². The van der Waals surface area contributed by atoms with Gasteiger partial charge in [0.1, 0.15) is 0 Å². The summed E-state index contributed by atoms with van der Waals surface area (Å²) >= 11 is 0. The molecule has 2 aromatic carbocycles. The van der Waals surface area contributed by atoms with E-state index in [1.807, 2.05) is 6.07 Å². The molecule has 1 aliphatic carbocycles. The molecule has 0 radical (unpaired) electrons. The summed E-state index contributed by atoms with van der Waals surface area (Å²) in [5.41, 5.74) is 5.57. The third-order valence-corrected chi connectivity index (χ3v) is 6.55. The Labute approximate surface area is 157 Å². The van der Waals surface area contributed by atoms with Gasteiger partial charge in [-0.1, -0.05) is 56.7 Å². The molecule has 26 heavy (non-hydrogen) atoms. The number of rotatable bonds is 3. The first-order valence-electron chi connectivity index (χ1n) is 9.88. The van der Waals surface area contributed by atoms with Crippen LogP contribution in [0, 0.1) is 0 Å². The standard InChI is InChI=1S/C24H29NO/c1-23(2)20-11-7-6-10-18(20)19-13-12-17(16-21(19)23)22(26)24(3,4)25-14-8-5-9-15-25/h6-7,10-13,16H,5,8-9,14-15H2,1-4H3. The van der Waals surface area contributed by atoms with Gasteiger partial charge in [0.2, 0.25) is 0 Å². The van der Waals surface area contributed by atoms with Crippen molar-refractivity contribution in [3.63, 3.8) is 0 Å². The second kappa shape index (κ2) is 6.06. The van der Waals surface area contributed by atoms with Gasteiger partial charge in [0.15, 0.2) is 5.78 Å². The van der Waals surface area contributed by atoms with Gasteiger partial charge in [-0.15, -0.1) is 0 Å². The minimum Gasteiger partial charge on any atom is -0.292 e. The summed E-state index contributed by atoms with van der Waals surface area (Å²) in [5, 5.41) is 0. The van der Waals surface area contributed by atoms with Crippen LogP contribution in [-0.2, 0) is 5.41 Å². The monoisotopic (exact) mass is 347 g/mol. The summed E-state index contributed by atoms with van der Waals surface area (Å²) in [6, 6.07) is 15.0. The van der Waals surface area contributed by atoms with Crippen LogP contribution in [0.5, 0.6) is 0 Å². The van der Waals surface area contributed by atoms with E-state index in [4.69, 9.17) is 0 Å². The van der Waals surface area contributed by atoms with Crippen molar-refractivity contribution in [2.75, 3.05) is 13.1 Å². The molecule has 0 aromatic heterocycles. The minimum atomic E-state index is -0.440. The fourth-order valence-corrected chi connectivity index (χ4v) is 4.80. The van der Waals surface area contributed by atoms with Gasteiger partial charge in [-0.25, -0.2) is 0 Å². The van der Waals surface area contributed by atoms with Crippen LogP contribution in [0.3, 0.4) is 0 Å². The number of carbonyl (C=O) groups is 1. The first kappa shape index (κ1) is 17.5. The van der Waals surface area contributed by atoms with Gasteiger partial charge >= 0.3 is 0 Å². The Morgan fingerprint density at radius 1 is 0.923 bits per heavy atom. The molecule has 0 saturated carbocycles. The van der Waals surface area contributed by atoms with Crippen molar-refractivity contribution >= 4 is 5.78 Å². The summed E-state index contributed by atoms with van der Waals surface area (Å²) in [5.74, 6) is 0.244. The maximum Gasteiger partial charge on any atom is 0.182 e. The molecular formula is C24H29NO. The molecule has 0 bridgehead atoms. The van der Waals surface area contributed by atoms with Crippen molar-refractivity contribution in [1.82, 2.24) is 4.90 Å². The Kier molecular flexibility index (Phi) is 4.07. The number of likely N-dealkylation sites (tertiary alicyclic amines) is 1. The van der Waals surface area contributed by atoms with Gasteiger partial charge in [-0.05, 0) is 68.1 Å². The third kappa shape index (κ3) is 2.54. The molecule has 0 spiro atoms. The Morgan fingerprint density at radius 2 is 1.58 bits per heavy atom. The topological polar surface area (TPSA) is 20.3 Å². The highest BCUT2D eigenvalue weighted by molar-refractivity contribution is 6.03. The Hall–Kier alpha value is -1.93. The molecule has 4 rings (SSSR count). The van der Waals surface area contributed by atoms with E-state index in [0.29, 0.717) is 0 Å². The Bertz CT molecular complexity index is 856. The van der Waals surface area contributed by atoms with E-state index in [9.17, 15) is 4.79 Å². The number of Topliss-reactive ketones (excluding diaryl/α,β-unsaturated/α-hetero) is 1. The first-order valence-corrected chi connectivity index (χ1v) is 9.88. The van der Waals surface area contributed by atoms with Gasteiger partial charge < -0.3 is 0 Å². The van der Waals surface area contributed by atoms with Crippen molar-refractivity contribution in [3.8, 4) is 11.1 Å². The normalized spacial score (nSPS) is 19.1. The van der Waals surface area contributed by atoms with Crippen molar-refractivity contribution in [1.29, 1.82) is 0 Å². The predicted octanol–water partition coefficient (Wildman–Crippen LogP) is 5.44. The largest absolute Gasteiger partial charge is 0.292 e. The maximum atomic E-state index is 13.4. The lowest BCUT2D eigenvalue weighted by atomic mass is 9.80. The molecule has 136 valence electrons. The second-order valence-electron chi connectivity index (χ2n) is 8.87. The van der Waals surface area contributed by atoms with E-state index in [1.54, 1.807) is 0 Å². The molecule has 1 aliphatic heterocycles. The van der Waals surface area contributed by atoms with E-state index < -0.39 is 5.54 Å². The van der Waals surface area contributed by atoms with Gasteiger partial charge in [0.05, 0.1) is 5.54 Å². The van der Waals surface area contributed by atoms with Crippen molar-refractivity contribution in [2.24, 2.45) is 0 Å². The lowest BCUT2D eigenvalue weighted by Gasteiger charge is -2.40. The highest BCUT2D eigenvalue weighted by Crippen LogP contribution is 2.48. The highest BCUT2D eigenvalue weighted by Gasteiger charge is 2.39. The number of carbonyl (C=O) groups excluding carboxylic acids is 1. The summed E-state index contributed by atoms with van der Waals surface area (Å²) in [7, 11) is 0. The molecular weight excluding hydrogens is 318 g/mol. The molecule has 0 atom stereocenters. The van der Waals surface area contributed by atoms with Crippen LogP contribution >= 0.6 is 0 Å². The van der Waals surface area contributed by atoms with E-state index in [0.717, 1.165) is 18.7 Å². The summed E-state index contributed by atoms with van der Waals surface area (Å²) in [6.07, 6.45) is 3.68. The van der Waals surface area contributed by atoms with Crippen LogP contribution in [0.4, 0.5) is 0 Å². The highest BCUT2D eigenvalue weighted by atomic mass is 16.1. The van der Waals surface area contributed by atoms with Crippen LogP contribution < -0.4 is 0 Å². The molecule has 1 heterocycles. The number of ketones is 1. The molecule has 2 aliphatic rings. The zero-order chi connectivity index (χ0) is 18.5. The predicted molar refractivity (Wildman–Crippen MR) is 108 cm³/mol. The average molecular weight is 348 g/mol. The first-order chi connectivity index (χ1) is 12.3. The van der Waals surface area contributed by atoms with E-state index in [-0.39, 0.29) is 11.2 Å². The van der Waals surface area contributed by atoms with Crippen LogP contribution in [-0.4, -0.2) is 29.3 Å². The number of hydrogen-bond donors (Lipinski definition) is 0. The average Bonchev–Trinajstić information content (AvgIpc) is 2.89. The fraction of sp³-hybridized carbons (Fsp3) is 0.458. The molecule has 2 nitrogen and oxygen atoms in total. The van der Waals surface area contributed by atoms with E-state index in [2.05, 4.69) is 69.0 Å². The lowest BCUT2D eigenvalue weighted by molar-refractivity contribution is 0.0579. The minimum absolute atomic E-state index is 0.0581. The number of nitrogens with zero attached hydrogens (tertiary/aromatic N) is 1. The van der Waals surface area contributed by atoms with Gasteiger partial charge in [0.25, 0.3) is 0 Å². The summed E-state index contributed by atoms with van der Waals surface area (Å²) in [4.78, 5) is 15.8. The number of hydrogen-bond acceptors (Lipinski definition) is 2. The Balaban J connectivity index is 1.72. The number of piperidine rings is 1. The third-order valence-electron chi connectivity index (χ3n) is 6.55. The zero-order valence-electron chi connectivity index (χ0n) is 16.4. The molecule has 1 saturated heterocycles. The van der Waals surface area contributed by atoms with Gasteiger partial charge in [-0.2, -0.15) is 0 Å². The van der Waals surface area contributed by atoms with Crippen molar-refractivity contribution < 1.29 is 4.79 Å². The number of benzene rings is 2. The van der Waals surface area contributed by atoms with Gasteiger partial charge in [-0.3, -0.25) is 9.69 Å². The summed E-state index contributed by atoms with van der Waals surface area (Å²) in [6.45, 7) is 10.8. The quantitative estimate of drug-likeness (QED) is 0.689. The summed E-state index contributed by atoms with van der Waals surface area (Å²) < 4.78 is 0. The Morgan fingerprint density at radius 3 is 2.31 bits per heavy atom. The molecule has 0 unspecified atom stereocenters. The molecule has 0 N–H and O–H groups in total. The lowest BCUT2D eigenvalue weighted by Crippen LogP contribution is -2.52. The van der Waals surface area contributed by atoms with E-state index in [1.165, 1.54) is 41.5 Å². The number of fused-ring (bicyclic) bond motifs is 3. The van der Waals surface area contributed by atoms with Crippen LogP contribution in [0.25, 0.3) is 11.1 Å². The fourth-order valence-electron chi connectivity index (χ4n) is 4.80. The van der Waals surface area contributed by atoms with E-state index >= 15 is 0 Å². The molecule has 2 heteroatoms. The molecule has 2 aromatic rings. The smallest absolute Gasteiger partial charge is 0.182 e. The van der Waals surface area contributed by atoms with Crippen molar-refractivity contribution in [3.05, 3.63) is 59.2 Å². The second-order valence-corrected chi connectivity index (χ2v) is 8.87. The maximum absolute atomic E-state index is 13.4. The van der Waals surface area contributed by atoms with Crippen molar-refractivity contribution in [2.45, 2.75) is 57.9 Å².